The van der Waals surface area contributed by atoms with Crippen LogP contribution in [0.4, 0.5) is 0 Å². The molecule has 2 bridgehead atoms. The van der Waals surface area contributed by atoms with E-state index < -0.39 is 144 Å². The Kier molecular flexibility index (Phi) is 18.9. The Hall–Kier alpha value is -2.91. The van der Waals surface area contributed by atoms with E-state index in [1.807, 2.05) is 61.5 Å². The first-order valence-electron chi connectivity index (χ1n) is 29.5. The van der Waals surface area contributed by atoms with Gasteiger partial charge in [-0.1, -0.05) is 89.8 Å². The maximum Gasteiger partial charge on any atom is 0.346 e. The first-order chi connectivity index (χ1) is 36.8. The normalized spacial score (nSPS) is 48.6. The molecule has 1 saturated carbocycles. The van der Waals surface area contributed by atoms with Crippen LogP contribution in [0.25, 0.3) is 0 Å². The Morgan fingerprint density at radius 2 is 1.33 bits per heavy atom. The molecule has 25 unspecified atom stereocenters. The third kappa shape index (κ3) is 11.1. The summed E-state index contributed by atoms with van der Waals surface area (Å²) in [7, 11) is 0. The van der Waals surface area contributed by atoms with E-state index in [0.717, 1.165) is 16.7 Å². The number of ether oxygens (including phenoxy) is 7. The zero-order valence-corrected chi connectivity index (χ0v) is 48.3. The van der Waals surface area contributed by atoms with Crippen LogP contribution in [0.5, 0.6) is 0 Å². The van der Waals surface area contributed by atoms with Crippen LogP contribution in [-0.4, -0.2) is 152 Å². The summed E-state index contributed by atoms with van der Waals surface area (Å²) in [5.74, 6) is -5.68. The zero-order chi connectivity index (χ0) is 57.1. The van der Waals surface area contributed by atoms with Gasteiger partial charge in [0.2, 0.25) is 5.78 Å². The minimum absolute atomic E-state index is 0.0448. The van der Waals surface area contributed by atoms with E-state index in [1.54, 1.807) is 13.8 Å². The number of rotatable bonds is 10. The molecule has 4 aliphatic heterocycles. The van der Waals surface area contributed by atoms with Gasteiger partial charge in [-0.15, -0.1) is 0 Å². The molecule has 5 fully saturated rings. The lowest BCUT2D eigenvalue weighted by Crippen LogP contribution is -2.57. The zero-order valence-electron chi connectivity index (χ0n) is 48.3. The summed E-state index contributed by atoms with van der Waals surface area (Å²) in [6.07, 6.45) is -0.639. The highest BCUT2D eigenvalue weighted by Crippen LogP contribution is 2.64. The summed E-state index contributed by atoms with van der Waals surface area (Å²) < 4.78 is 44.9. The van der Waals surface area contributed by atoms with Crippen molar-refractivity contribution in [2.24, 2.45) is 64.1 Å². The fourth-order valence-electron chi connectivity index (χ4n) is 16.1. The Morgan fingerprint density at radius 3 is 1.95 bits per heavy atom. The molecule has 8 rings (SSSR count). The lowest BCUT2D eigenvalue weighted by atomic mass is 9.47. The van der Waals surface area contributed by atoms with Crippen molar-refractivity contribution in [3.05, 3.63) is 46.3 Å². The van der Waals surface area contributed by atoms with Crippen LogP contribution in [-0.2, 0) is 47.5 Å². The molecule has 8 aliphatic rings. The standard InChI is InChI=1S/C61H94O17/c1-13-39-20-38(27-62)18-31(5)53(75-48-24-45(67)55(37(11)74-48)77-46-21-40(28-63)54(36(10)73-46)76-47-23-44(66)52(68)35(9)72-47)29(3)16-15-17-59(12)25-32(6)33(7)26-61(59)57(70)49(58(71)78-61)56(69)60(14-2)50(39)30(4)19-41-43(65)22-42(64)34(8)51(41)60/h19-20,25,29,31,33-38,40-41,43-48,50-55,62-63,65-69H,13-18,21-24,26-28H2,1-12H3/b39-20+,56-49?. The van der Waals surface area contributed by atoms with Crippen LogP contribution in [0, 0.1) is 64.1 Å². The maximum atomic E-state index is 15.7. The van der Waals surface area contributed by atoms with Crippen LogP contribution in [0.15, 0.2) is 46.3 Å². The lowest BCUT2D eigenvalue weighted by molar-refractivity contribution is -0.333. The van der Waals surface area contributed by atoms with Gasteiger partial charge in [0.05, 0.1) is 48.8 Å². The summed E-state index contributed by atoms with van der Waals surface area (Å²) in [4.78, 5) is 44.3. The molecule has 4 heterocycles. The predicted molar refractivity (Wildman–Crippen MR) is 287 cm³/mol. The van der Waals surface area contributed by atoms with Gasteiger partial charge >= 0.3 is 5.97 Å². The molecule has 0 aromatic rings. The topological polar surface area (TPSA) is 257 Å². The van der Waals surface area contributed by atoms with E-state index in [-0.39, 0.29) is 86.6 Å². The van der Waals surface area contributed by atoms with Crippen molar-refractivity contribution in [3.63, 3.8) is 0 Å². The molecule has 4 aliphatic carbocycles. The molecular formula is C61H94O17. The van der Waals surface area contributed by atoms with E-state index in [0.29, 0.717) is 32.1 Å². The number of hydrogen-bond donors (Lipinski definition) is 7. The van der Waals surface area contributed by atoms with Crippen molar-refractivity contribution in [2.45, 2.75) is 239 Å². The number of aliphatic hydroxyl groups is 7. The van der Waals surface area contributed by atoms with Gasteiger partial charge in [0, 0.05) is 85.7 Å². The maximum absolute atomic E-state index is 15.7. The molecule has 0 aromatic heterocycles. The smallest absolute Gasteiger partial charge is 0.346 e. The average Bonchev–Trinajstić information content (AvgIpc) is 3.88. The van der Waals surface area contributed by atoms with Crippen LogP contribution in [0.2, 0.25) is 0 Å². The van der Waals surface area contributed by atoms with Crippen LogP contribution in [0.1, 0.15) is 154 Å². The van der Waals surface area contributed by atoms with Crippen molar-refractivity contribution in [2.75, 3.05) is 13.2 Å². The molecule has 78 heavy (non-hydrogen) atoms. The molecular weight excluding hydrogens is 1000 g/mol. The van der Waals surface area contributed by atoms with Crippen molar-refractivity contribution in [1.29, 1.82) is 0 Å². The second-order valence-electron chi connectivity index (χ2n) is 25.6. The fourth-order valence-corrected chi connectivity index (χ4v) is 16.1. The number of ketones is 2. The number of esters is 1. The highest BCUT2D eigenvalue weighted by Gasteiger charge is 2.67. The van der Waals surface area contributed by atoms with Crippen LogP contribution >= 0.6 is 0 Å². The van der Waals surface area contributed by atoms with E-state index >= 15 is 4.79 Å². The summed E-state index contributed by atoms with van der Waals surface area (Å²) in [5.41, 5.74) is -1.57. The predicted octanol–water partition coefficient (Wildman–Crippen LogP) is 6.87. The third-order valence-electron chi connectivity index (χ3n) is 20.4. The SMILES string of the molecule is CC/C1=C\C(CO)CC(C)C(OC2CC(O)C(OC3CC(CO)C(OC4CC(O)C(O)C(C)O4)C(C)O3)C(C)O2)C(C)CCCC2(C)C=C(C)C(C)CC23OC(=O)C(=C(O)C2(CC)C1C(C)=CC1C(O)CC(=O)C(C)C12)C3=O. The summed E-state index contributed by atoms with van der Waals surface area (Å²) in [5, 5.41) is 79.2. The second kappa shape index (κ2) is 24.1. The molecule has 440 valence electrons. The average molecular weight is 1100 g/mol. The van der Waals surface area contributed by atoms with Gasteiger partial charge in [0.1, 0.15) is 29.3 Å². The number of hydrogen-bond acceptors (Lipinski definition) is 17. The first kappa shape index (κ1) is 61.2. The first-order valence-corrected chi connectivity index (χ1v) is 29.5. The number of allylic oxidation sites excluding steroid dienone is 4. The van der Waals surface area contributed by atoms with Gasteiger partial charge in [0.15, 0.2) is 24.5 Å². The molecule has 25 atom stereocenters. The number of carbonyl (C=O) groups excluding carboxylic acids is 3. The Bertz CT molecular complexity index is 2290. The van der Waals surface area contributed by atoms with Crippen LogP contribution in [0.3, 0.4) is 0 Å². The largest absolute Gasteiger partial charge is 0.511 e. The Balaban J connectivity index is 1.09. The highest BCUT2D eigenvalue weighted by molar-refractivity contribution is 6.26. The Morgan fingerprint density at radius 1 is 0.718 bits per heavy atom. The van der Waals surface area contributed by atoms with Crippen molar-refractivity contribution in [3.8, 4) is 0 Å². The summed E-state index contributed by atoms with van der Waals surface area (Å²) in [6, 6.07) is 0. The number of Topliss-reactive ketones (excluding diaryl/α,β-unsaturated/α-hetero) is 2. The van der Waals surface area contributed by atoms with Gasteiger partial charge in [-0.2, -0.15) is 0 Å². The molecule has 0 aromatic carbocycles. The molecule has 17 nitrogen and oxygen atoms in total. The van der Waals surface area contributed by atoms with Gasteiger partial charge in [-0.3, -0.25) is 9.59 Å². The monoisotopic (exact) mass is 1100 g/mol. The van der Waals surface area contributed by atoms with E-state index in [4.69, 9.17) is 33.2 Å². The third-order valence-corrected chi connectivity index (χ3v) is 20.4. The van der Waals surface area contributed by atoms with E-state index in [2.05, 4.69) is 26.0 Å². The van der Waals surface area contributed by atoms with E-state index in [9.17, 15) is 45.3 Å². The lowest BCUT2D eigenvalue weighted by Gasteiger charge is -2.56. The van der Waals surface area contributed by atoms with Crippen molar-refractivity contribution >= 4 is 17.5 Å². The molecule has 0 amide bonds. The number of fused-ring (bicyclic) bond motifs is 4. The van der Waals surface area contributed by atoms with Crippen molar-refractivity contribution in [1.82, 2.24) is 0 Å². The van der Waals surface area contributed by atoms with Crippen molar-refractivity contribution < 1.29 is 83.3 Å². The molecule has 7 N–H and O–H groups in total. The number of aliphatic hydroxyl groups excluding tert-OH is 7. The van der Waals surface area contributed by atoms with Gasteiger partial charge in [-0.05, 0) is 90.4 Å². The summed E-state index contributed by atoms with van der Waals surface area (Å²) in [6.45, 7) is 22.8. The quantitative estimate of drug-likeness (QED) is 0.0669. The van der Waals surface area contributed by atoms with Gasteiger partial charge < -0.3 is 68.9 Å². The number of carbonyl (C=O) groups is 3. The Labute approximate surface area is 462 Å². The molecule has 0 radical (unpaired) electrons. The van der Waals surface area contributed by atoms with Crippen LogP contribution < -0.4 is 0 Å². The molecule has 1 spiro atoms. The minimum Gasteiger partial charge on any atom is -0.511 e. The molecule has 17 heteroatoms. The van der Waals surface area contributed by atoms with Gasteiger partial charge in [0.25, 0.3) is 0 Å². The minimum atomic E-state index is -1.62. The molecule has 4 saturated heterocycles. The highest BCUT2D eigenvalue weighted by atomic mass is 16.7. The fraction of sp³-hybridized carbons (Fsp3) is 0.820. The summed E-state index contributed by atoms with van der Waals surface area (Å²) >= 11 is 0. The van der Waals surface area contributed by atoms with E-state index in [1.165, 1.54) is 0 Å². The second-order valence-corrected chi connectivity index (χ2v) is 25.6. The van der Waals surface area contributed by atoms with Gasteiger partial charge in [-0.25, -0.2) is 4.79 Å².